The number of nitrogens with one attached hydrogen (secondary N) is 1. The van der Waals surface area contributed by atoms with Crippen LogP contribution in [0.1, 0.15) is 450 Å². The summed E-state index contributed by atoms with van der Waals surface area (Å²) < 4.78 is 5.52. The maximum absolute atomic E-state index is 12.5. The first-order chi connectivity index (χ1) is 41.5. The number of allylic oxidation sites excluding steroid dienone is 1. The SMILES string of the molecule is CCCCCCCCCCCCCCCCC/C=C/C(O)C(CO)NC(=O)CCCCCCCCCCCCCCCCCCCCCCCCCCCCCCCCCOC(=O)CCCCCCCCCCCCCCCCCCCCC. The van der Waals surface area contributed by atoms with Crippen LogP contribution >= 0.6 is 0 Å². The van der Waals surface area contributed by atoms with Crippen LogP contribution in [0.4, 0.5) is 0 Å². The van der Waals surface area contributed by atoms with E-state index in [4.69, 9.17) is 4.74 Å². The fourth-order valence-electron chi connectivity index (χ4n) is 12.6. The minimum absolute atomic E-state index is 0.0264. The van der Waals surface area contributed by atoms with E-state index in [0.717, 1.165) is 38.5 Å². The fourth-order valence-corrected chi connectivity index (χ4v) is 12.6. The molecule has 0 radical (unpaired) electrons. The zero-order chi connectivity index (χ0) is 60.6. The average Bonchev–Trinajstić information content (AvgIpc) is 3.51. The number of carbonyl (C=O) groups is 2. The lowest BCUT2D eigenvalue weighted by Crippen LogP contribution is -2.45. The number of aliphatic hydroxyl groups is 2. The van der Waals surface area contributed by atoms with E-state index >= 15 is 0 Å². The monoisotopic (exact) mass is 1180 g/mol. The second kappa shape index (κ2) is 74.1. The van der Waals surface area contributed by atoms with E-state index in [1.807, 2.05) is 6.08 Å². The maximum Gasteiger partial charge on any atom is 0.305 e. The molecule has 0 bridgehead atoms. The van der Waals surface area contributed by atoms with E-state index in [1.165, 1.54) is 385 Å². The van der Waals surface area contributed by atoms with E-state index in [1.54, 1.807) is 6.08 Å². The van der Waals surface area contributed by atoms with Gasteiger partial charge in [-0.25, -0.2) is 0 Å². The topological polar surface area (TPSA) is 95.9 Å². The fraction of sp³-hybridized carbons (Fsp3) is 0.949. The Bertz CT molecular complexity index is 1270. The van der Waals surface area contributed by atoms with Gasteiger partial charge < -0.3 is 20.3 Å². The van der Waals surface area contributed by atoms with Crippen LogP contribution in [0, 0.1) is 0 Å². The Kier molecular flexibility index (Phi) is 72.8. The van der Waals surface area contributed by atoms with Crippen LogP contribution in [-0.4, -0.2) is 47.4 Å². The molecule has 0 aromatic carbocycles. The quantitative estimate of drug-likeness (QED) is 0.0320. The Morgan fingerprint density at radius 2 is 0.548 bits per heavy atom. The number of amides is 1. The molecule has 6 nitrogen and oxygen atoms in total. The van der Waals surface area contributed by atoms with E-state index in [9.17, 15) is 19.8 Å². The molecular formula is C78H153NO5. The Morgan fingerprint density at radius 3 is 0.810 bits per heavy atom. The molecule has 0 rings (SSSR count). The molecule has 0 saturated carbocycles. The highest BCUT2D eigenvalue weighted by atomic mass is 16.5. The summed E-state index contributed by atoms with van der Waals surface area (Å²) in [4.78, 5) is 24.6. The van der Waals surface area contributed by atoms with Crippen molar-refractivity contribution < 1.29 is 24.5 Å². The molecule has 2 atom stereocenters. The largest absolute Gasteiger partial charge is 0.466 e. The van der Waals surface area contributed by atoms with Gasteiger partial charge in [0.2, 0.25) is 5.91 Å². The van der Waals surface area contributed by atoms with Gasteiger partial charge in [0, 0.05) is 12.8 Å². The maximum atomic E-state index is 12.5. The van der Waals surface area contributed by atoms with Gasteiger partial charge in [-0.05, 0) is 32.1 Å². The van der Waals surface area contributed by atoms with E-state index in [2.05, 4.69) is 19.2 Å². The van der Waals surface area contributed by atoms with Crippen LogP contribution in [0.15, 0.2) is 12.2 Å². The highest BCUT2D eigenvalue weighted by molar-refractivity contribution is 5.76. The number of hydrogen-bond acceptors (Lipinski definition) is 5. The Balaban J connectivity index is 3.32. The molecule has 0 aromatic heterocycles. The molecule has 0 aromatic rings. The lowest BCUT2D eigenvalue weighted by Gasteiger charge is -2.20. The average molecular weight is 1190 g/mol. The zero-order valence-corrected chi connectivity index (χ0v) is 57.4. The van der Waals surface area contributed by atoms with E-state index in [-0.39, 0.29) is 18.5 Å². The third kappa shape index (κ3) is 69.7. The molecule has 0 spiro atoms. The van der Waals surface area contributed by atoms with Gasteiger partial charge >= 0.3 is 5.97 Å². The van der Waals surface area contributed by atoms with Crippen molar-refractivity contribution in [2.45, 2.75) is 463 Å². The smallest absolute Gasteiger partial charge is 0.305 e. The van der Waals surface area contributed by atoms with Crippen molar-refractivity contribution in [3.05, 3.63) is 12.2 Å². The van der Waals surface area contributed by atoms with Gasteiger partial charge in [-0.3, -0.25) is 9.59 Å². The second-order valence-electron chi connectivity index (χ2n) is 27.1. The van der Waals surface area contributed by atoms with Gasteiger partial charge in [0.15, 0.2) is 0 Å². The van der Waals surface area contributed by atoms with Crippen LogP contribution in [-0.2, 0) is 14.3 Å². The summed E-state index contributed by atoms with van der Waals surface area (Å²) in [5, 5.41) is 23.2. The highest BCUT2D eigenvalue weighted by Crippen LogP contribution is 2.20. The van der Waals surface area contributed by atoms with Crippen LogP contribution in [0.2, 0.25) is 0 Å². The Hall–Kier alpha value is -1.40. The third-order valence-electron chi connectivity index (χ3n) is 18.6. The number of ether oxygens (including phenoxy) is 1. The molecule has 500 valence electrons. The van der Waals surface area contributed by atoms with E-state index < -0.39 is 12.1 Å². The van der Waals surface area contributed by atoms with Gasteiger partial charge in [-0.15, -0.1) is 0 Å². The van der Waals surface area contributed by atoms with Gasteiger partial charge in [0.05, 0.1) is 25.4 Å². The number of esters is 1. The van der Waals surface area contributed by atoms with Gasteiger partial charge in [0.25, 0.3) is 0 Å². The van der Waals surface area contributed by atoms with Crippen molar-refractivity contribution in [1.29, 1.82) is 0 Å². The van der Waals surface area contributed by atoms with Gasteiger partial charge in [-0.1, -0.05) is 418 Å². The molecule has 1 amide bonds. The molecule has 0 heterocycles. The van der Waals surface area contributed by atoms with Crippen molar-refractivity contribution in [2.24, 2.45) is 0 Å². The first-order valence-corrected chi connectivity index (χ1v) is 39.0. The van der Waals surface area contributed by atoms with Crippen molar-refractivity contribution >= 4 is 11.9 Å². The van der Waals surface area contributed by atoms with Gasteiger partial charge in [0.1, 0.15) is 0 Å². The summed E-state index contributed by atoms with van der Waals surface area (Å²) in [6.45, 7) is 4.96. The van der Waals surface area contributed by atoms with Crippen molar-refractivity contribution in [2.75, 3.05) is 13.2 Å². The second-order valence-corrected chi connectivity index (χ2v) is 27.1. The summed E-state index contributed by atoms with van der Waals surface area (Å²) >= 11 is 0. The Morgan fingerprint density at radius 1 is 0.321 bits per heavy atom. The predicted molar refractivity (Wildman–Crippen MR) is 370 cm³/mol. The van der Waals surface area contributed by atoms with Crippen LogP contribution in [0.25, 0.3) is 0 Å². The number of unbranched alkanes of at least 4 members (excludes halogenated alkanes) is 63. The molecule has 3 N–H and O–H groups in total. The van der Waals surface area contributed by atoms with Crippen LogP contribution in [0.3, 0.4) is 0 Å². The van der Waals surface area contributed by atoms with Crippen LogP contribution < -0.4 is 5.32 Å². The summed E-state index contributed by atoms with van der Waals surface area (Å²) in [5.41, 5.74) is 0. The molecule has 0 aliphatic rings. The summed E-state index contributed by atoms with van der Waals surface area (Å²) in [6.07, 6.45) is 93.3. The molecule has 0 aliphatic heterocycles. The lowest BCUT2D eigenvalue weighted by atomic mass is 10.0. The molecule has 0 aliphatic carbocycles. The van der Waals surface area contributed by atoms with Crippen LogP contribution in [0.5, 0.6) is 0 Å². The number of rotatable bonds is 74. The first-order valence-electron chi connectivity index (χ1n) is 39.0. The number of aliphatic hydroxyl groups excluding tert-OH is 2. The van der Waals surface area contributed by atoms with Crippen molar-refractivity contribution in [3.8, 4) is 0 Å². The highest BCUT2D eigenvalue weighted by Gasteiger charge is 2.18. The lowest BCUT2D eigenvalue weighted by molar-refractivity contribution is -0.143. The standard InChI is InChI=1S/C78H153NO5/c1-3-5-7-9-11-13-15-17-19-21-35-40-44-48-52-56-60-64-68-72-78(83)84-73-69-65-61-57-53-49-45-41-37-34-32-30-28-26-24-22-23-25-27-29-31-33-36-39-43-47-51-55-59-63-67-71-77(82)79-75(74-80)76(81)70-66-62-58-54-50-46-42-38-20-18-16-14-12-10-8-6-4-2/h66,70,75-76,80-81H,3-65,67-69,71-74H2,1-2H3,(H,79,82)/b70-66+. The predicted octanol–water partition coefficient (Wildman–Crippen LogP) is 25.5. The minimum Gasteiger partial charge on any atom is -0.466 e. The van der Waals surface area contributed by atoms with E-state index in [0.29, 0.717) is 19.4 Å². The molecular weight excluding hydrogens is 1030 g/mol. The molecule has 0 saturated heterocycles. The summed E-state index contributed by atoms with van der Waals surface area (Å²) in [5.74, 6) is -0.0332. The minimum atomic E-state index is -0.841. The molecule has 6 heteroatoms. The summed E-state index contributed by atoms with van der Waals surface area (Å²) in [6, 6.07) is -0.624. The van der Waals surface area contributed by atoms with Gasteiger partial charge in [-0.2, -0.15) is 0 Å². The van der Waals surface area contributed by atoms with Crippen molar-refractivity contribution in [3.63, 3.8) is 0 Å². The zero-order valence-electron chi connectivity index (χ0n) is 57.4. The Labute approximate surface area is 527 Å². The number of hydrogen-bond donors (Lipinski definition) is 3. The molecule has 84 heavy (non-hydrogen) atoms. The number of carbonyl (C=O) groups excluding carboxylic acids is 2. The summed E-state index contributed by atoms with van der Waals surface area (Å²) in [7, 11) is 0. The molecule has 2 unspecified atom stereocenters. The third-order valence-corrected chi connectivity index (χ3v) is 18.6. The first kappa shape index (κ1) is 82.6. The molecule has 0 fully saturated rings. The normalized spacial score (nSPS) is 12.5. The van der Waals surface area contributed by atoms with Crippen molar-refractivity contribution in [1.82, 2.24) is 5.32 Å².